The van der Waals surface area contributed by atoms with E-state index in [4.69, 9.17) is 4.42 Å². The molecule has 0 aliphatic carbocycles. The Morgan fingerprint density at radius 3 is 2.70 bits per heavy atom. The number of hydrogen-bond acceptors (Lipinski definition) is 4. The van der Waals surface area contributed by atoms with E-state index in [2.05, 4.69) is 15.6 Å². The molecule has 0 saturated carbocycles. The molecule has 0 saturated heterocycles. The fraction of sp³-hybridized carbons (Fsp3) is 0.286. The zero-order chi connectivity index (χ0) is 13.8. The van der Waals surface area contributed by atoms with Crippen LogP contribution in [0.15, 0.2) is 28.7 Å². The van der Waals surface area contributed by atoms with Crippen molar-refractivity contribution in [1.82, 2.24) is 10.3 Å². The van der Waals surface area contributed by atoms with Crippen LogP contribution in [0.3, 0.4) is 0 Å². The van der Waals surface area contributed by atoms with Gasteiger partial charge in [0.05, 0.1) is 5.69 Å². The molecule has 6 heteroatoms. The summed E-state index contributed by atoms with van der Waals surface area (Å²) in [6.45, 7) is 4.23. The molecule has 5 nitrogen and oxygen atoms in total. The summed E-state index contributed by atoms with van der Waals surface area (Å²) in [5.41, 5.74) is 2.44. The van der Waals surface area contributed by atoms with E-state index in [0.717, 1.165) is 17.8 Å². The van der Waals surface area contributed by atoms with Crippen LogP contribution < -0.4 is 10.6 Å². The Hall–Kier alpha value is -1.85. The van der Waals surface area contributed by atoms with Gasteiger partial charge in [-0.3, -0.25) is 4.79 Å². The largest absolute Gasteiger partial charge is 0.436 e. The quantitative estimate of drug-likeness (QED) is 0.910. The Kier molecular flexibility index (Phi) is 5.73. The Morgan fingerprint density at radius 2 is 2.10 bits per heavy atom. The maximum Gasteiger partial charge on any atom is 0.293 e. The lowest BCUT2D eigenvalue weighted by molar-refractivity contribution is 0.0994. The van der Waals surface area contributed by atoms with Crippen molar-refractivity contribution in [2.45, 2.75) is 20.4 Å². The monoisotopic (exact) mass is 295 g/mol. The molecule has 108 valence electrons. The average molecular weight is 296 g/mol. The summed E-state index contributed by atoms with van der Waals surface area (Å²) < 4.78 is 5.29. The zero-order valence-electron chi connectivity index (χ0n) is 11.7. The number of aromatic nitrogens is 1. The number of amides is 1. The van der Waals surface area contributed by atoms with Crippen molar-refractivity contribution in [3.8, 4) is 0 Å². The predicted molar refractivity (Wildman–Crippen MR) is 80.4 cm³/mol. The van der Waals surface area contributed by atoms with E-state index in [9.17, 15) is 4.79 Å². The van der Waals surface area contributed by atoms with Gasteiger partial charge in [-0.25, -0.2) is 4.98 Å². The molecule has 2 N–H and O–H groups in total. The van der Waals surface area contributed by atoms with Crippen LogP contribution in [-0.2, 0) is 6.54 Å². The zero-order valence-corrected chi connectivity index (χ0v) is 12.5. The maximum absolute atomic E-state index is 12.1. The van der Waals surface area contributed by atoms with Crippen molar-refractivity contribution in [1.29, 1.82) is 0 Å². The minimum Gasteiger partial charge on any atom is -0.436 e. The Bertz CT molecular complexity index is 596. The van der Waals surface area contributed by atoms with Crippen LogP contribution in [-0.4, -0.2) is 17.9 Å². The maximum atomic E-state index is 12.1. The number of hydrogen-bond donors (Lipinski definition) is 2. The molecule has 1 heterocycles. The molecule has 0 unspecified atom stereocenters. The SMILES string of the molecule is CNCc1cccc(NC(=O)c2oc(C)nc2C)c1.Cl. The number of nitrogens with one attached hydrogen (secondary N) is 2. The summed E-state index contributed by atoms with van der Waals surface area (Å²) in [6, 6.07) is 7.67. The second kappa shape index (κ2) is 7.07. The number of carbonyl (C=O) groups is 1. The number of rotatable bonds is 4. The first kappa shape index (κ1) is 16.2. The molecule has 2 rings (SSSR count). The normalized spacial score (nSPS) is 9.95. The molecule has 1 amide bonds. The van der Waals surface area contributed by atoms with Gasteiger partial charge in [0.15, 0.2) is 5.89 Å². The molecule has 20 heavy (non-hydrogen) atoms. The second-order valence-electron chi connectivity index (χ2n) is 4.33. The molecule has 0 fully saturated rings. The number of halogens is 1. The lowest BCUT2D eigenvalue weighted by atomic mass is 10.2. The molecule has 0 spiro atoms. The third-order valence-corrected chi connectivity index (χ3v) is 2.68. The third kappa shape index (κ3) is 3.82. The van der Waals surface area contributed by atoms with Gasteiger partial charge in [-0.1, -0.05) is 12.1 Å². The van der Waals surface area contributed by atoms with Crippen molar-refractivity contribution >= 4 is 24.0 Å². The van der Waals surface area contributed by atoms with Gasteiger partial charge in [0.2, 0.25) is 5.76 Å². The number of anilines is 1. The molecular formula is C14H18ClN3O2. The lowest BCUT2D eigenvalue weighted by Gasteiger charge is -2.06. The Balaban J connectivity index is 0.00000200. The topological polar surface area (TPSA) is 67.2 Å². The van der Waals surface area contributed by atoms with E-state index in [0.29, 0.717) is 11.6 Å². The van der Waals surface area contributed by atoms with E-state index in [1.54, 1.807) is 13.8 Å². The van der Waals surface area contributed by atoms with Crippen LogP contribution >= 0.6 is 12.4 Å². The molecule has 0 aliphatic heterocycles. The summed E-state index contributed by atoms with van der Waals surface area (Å²) in [7, 11) is 1.88. The molecule has 0 atom stereocenters. The molecule has 1 aromatic heterocycles. The predicted octanol–water partition coefficient (Wildman–Crippen LogP) is 2.68. The number of benzene rings is 1. The van der Waals surface area contributed by atoms with Gasteiger partial charge in [-0.15, -0.1) is 12.4 Å². The highest BCUT2D eigenvalue weighted by Gasteiger charge is 2.15. The molecular weight excluding hydrogens is 278 g/mol. The Morgan fingerprint density at radius 1 is 1.35 bits per heavy atom. The van der Waals surface area contributed by atoms with Crippen LogP contribution in [0.5, 0.6) is 0 Å². The van der Waals surface area contributed by atoms with E-state index in [1.807, 2.05) is 31.3 Å². The fourth-order valence-electron chi connectivity index (χ4n) is 1.89. The van der Waals surface area contributed by atoms with Crippen molar-refractivity contribution in [3.63, 3.8) is 0 Å². The van der Waals surface area contributed by atoms with Crippen LogP contribution in [0.25, 0.3) is 0 Å². The van der Waals surface area contributed by atoms with Crippen molar-refractivity contribution in [2.75, 3.05) is 12.4 Å². The highest BCUT2D eigenvalue weighted by molar-refractivity contribution is 6.02. The minimum atomic E-state index is -0.278. The van der Waals surface area contributed by atoms with Gasteiger partial charge >= 0.3 is 0 Å². The standard InChI is InChI=1S/C14H17N3O2.ClH/c1-9-13(19-10(2)16-9)14(18)17-12-6-4-5-11(7-12)8-15-3;/h4-7,15H,8H2,1-3H3,(H,17,18);1H. The fourth-order valence-corrected chi connectivity index (χ4v) is 1.89. The van der Waals surface area contributed by atoms with Crippen LogP contribution in [0.4, 0.5) is 5.69 Å². The summed E-state index contributed by atoms with van der Waals surface area (Å²) in [5, 5.41) is 5.88. The van der Waals surface area contributed by atoms with Gasteiger partial charge in [-0.2, -0.15) is 0 Å². The smallest absolute Gasteiger partial charge is 0.293 e. The molecule has 2 aromatic rings. The van der Waals surface area contributed by atoms with Gasteiger partial charge in [-0.05, 0) is 31.7 Å². The van der Waals surface area contributed by atoms with Crippen molar-refractivity contribution in [3.05, 3.63) is 47.2 Å². The second-order valence-corrected chi connectivity index (χ2v) is 4.33. The van der Waals surface area contributed by atoms with E-state index < -0.39 is 0 Å². The molecule has 1 aromatic carbocycles. The first-order chi connectivity index (χ1) is 9.10. The van der Waals surface area contributed by atoms with Gasteiger partial charge in [0.25, 0.3) is 5.91 Å². The third-order valence-electron chi connectivity index (χ3n) is 2.68. The van der Waals surface area contributed by atoms with Crippen molar-refractivity contribution in [2.24, 2.45) is 0 Å². The van der Waals surface area contributed by atoms with Gasteiger partial charge < -0.3 is 15.1 Å². The first-order valence-electron chi connectivity index (χ1n) is 6.09. The van der Waals surface area contributed by atoms with E-state index >= 15 is 0 Å². The summed E-state index contributed by atoms with van der Waals surface area (Å²) in [6.07, 6.45) is 0. The van der Waals surface area contributed by atoms with Crippen LogP contribution in [0.1, 0.15) is 27.7 Å². The lowest BCUT2D eigenvalue weighted by Crippen LogP contribution is -2.13. The highest BCUT2D eigenvalue weighted by atomic mass is 35.5. The van der Waals surface area contributed by atoms with E-state index in [-0.39, 0.29) is 24.1 Å². The van der Waals surface area contributed by atoms with Crippen LogP contribution in [0.2, 0.25) is 0 Å². The number of oxazole rings is 1. The minimum absolute atomic E-state index is 0. The summed E-state index contributed by atoms with van der Waals surface area (Å²) in [4.78, 5) is 16.1. The summed E-state index contributed by atoms with van der Waals surface area (Å²) >= 11 is 0. The average Bonchev–Trinajstić information content (AvgIpc) is 2.69. The van der Waals surface area contributed by atoms with Crippen LogP contribution in [0, 0.1) is 13.8 Å². The molecule has 0 bridgehead atoms. The van der Waals surface area contributed by atoms with Gasteiger partial charge in [0, 0.05) is 19.2 Å². The molecule has 0 aliphatic rings. The summed E-state index contributed by atoms with van der Waals surface area (Å²) in [5.74, 6) is 0.475. The number of nitrogens with zero attached hydrogens (tertiary/aromatic N) is 1. The van der Waals surface area contributed by atoms with Gasteiger partial charge in [0.1, 0.15) is 0 Å². The van der Waals surface area contributed by atoms with E-state index in [1.165, 1.54) is 0 Å². The highest BCUT2D eigenvalue weighted by Crippen LogP contribution is 2.15. The molecule has 0 radical (unpaired) electrons. The first-order valence-corrected chi connectivity index (χ1v) is 6.09. The van der Waals surface area contributed by atoms with Crippen molar-refractivity contribution < 1.29 is 9.21 Å². The number of aryl methyl sites for hydroxylation is 2. The number of carbonyl (C=O) groups excluding carboxylic acids is 1. The Labute approximate surface area is 124 Å².